The first-order valence-corrected chi connectivity index (χ1v) is 10.7. The lowest BCUT2D eigenvalue weighted by molar-refractivity contribution is 0.0951. The Morgan fingerprint density at radius 3 is 2.96 bits per heavy atom. The van der Waals surface area contributed by atoms with E-state index in [4.69, 9.17) is 0 Å². The Bertz CT molecular complexity index is 752. The number of benzene rings is 1. The standard InChI is InChI=1S/C20H24N2OS2/c1-15-22-17(13-24-15)14-25-19-10-6-5-9-18(19)20(23)21-12-11-16-7-3-2-4-8-16/h5-7,9-10,13H,2-4,8,11-12,14H2,1H3,(H,21,23). The quantitative estimate of drug-likeness (QED) is 0.525. The summed E-state index contributed by atoms with van der Waals surface area (Å²) in [6, 6.07) is 7.83. The van der Waals surface area contributed by atoms with E-state index in [0.717, 1.165) is 39.9 Å². The molecule has 1 aromatic carbocycles. The molecule has 0 atom stereocenters. The fourth-order valence-corrected chi connectivity index (χ4v) is 4.63. The molecule has 25 heavy (non-hydrogen) atoms. The number of amides is 1. The van der Waals surface area contributed by atoms with Crippen molar-refractivity contribution in [3.05, 3.63) is 57.6 Å². The number of rotatable bonds is 7. The fraction of sp³-hybridized carbons (Fsp3) is 0.400. The zero-order chi connectivity index (χ0) is 17.5. The SMILES string of the molecule is Cc1nc(CSc2ccccc2C(=O)NCCC2=CCCCC2)cs1. The highest BCUT2D eigenvalue weighted by atomic mass is 32.2. The molecule has 0 unspecified atom stereocenters. The van der Waals surface area contributed by atoms with Crippen molar-refractivity contribution in [1.29, 1.82) is 0 Å². The predicted molar refractivity (Wildman–Crippen MR) is 106 cm³/mol. The maximum atomic E-state index is 12.6. The fourth-order valence-electron chi connectivity index (χ4n) is 2.97. The molecule has 0 radical (unpaired) electrons. The van der Waals surface area contributed by atoms with E-state index in [2.05, 4.69) is 21.8 Å². The molecule has 0 spiro atoms. The van der Waals surface area contributed by atoms with Gasteiger partial charge in [-0.2, -0.15) is 0 Å². The first-order valence-electron chi connectivity index (χ1n) is 8.81. The zero-order valence-electron chi connectivity index (χ0n) is 14.6. The first-order chi connectivity index (χ1) is 12.2. The number of aromatic nitrogens is 1. The number of nitrogens with zero attached hydrogens (tertiary/aromatic N) is 1. The third-order valence-electron chi connectivity index (χ3n) is 4.29. The molecule has 1 heterocycles. The van der Waals surface area contributed by atoms with Crippen molar-refractivity contribution < 1.29 is 4.79 Å². The minimum absolute atomic E-state index is 0.0222. The van der Waals surface area contributed by atoms with Gasteiger partial charge in [0.15, 0.2) is 0 Å². The summed E-state index contributed by atoms with van der Waals surface area (Å²) >= 11 is 3.34. The minimum atomic E-state index is 0.0222. The van der Waals surface area contributed by atoms with E-state index in [0.29, 0.717) is 0 Å². The van der Waals surface area contributed by atoms with Gasteiger partial charge in [-0.25, -0.2) is 4.98 Å². The van der Waals surface area contributed by atoms with Gasteiger partial charge in [-0.15, -0.1) is 23.1 Å². The topological polar surface area (TPSA) is 42.0 Å². The van der Waals surface area contributed by atoms with E-state index in [1.54, 1.807) is 23.1 Å². The molecular weight excluding hydrogens is 348 g/mol. The highest BCUT2D eigenvalue weighted by molar-refractivity contribution is 7.98. The third kappa shape index (κ3) is 5.44. The molecule has 1 N–H and O–H groups in total. The van der Waals surface area contributed by atoms with E-state index in [1.807, 2.05) is 31.2 Å². The van der Waals surface area contributed by atoms with Crippen molar-refractivity contribution in [1.82, 2.24) is 10.3 Å². The van der Waals surface area contributed by atoms with Crippen LogP contribution in [0.15, 0.2) is 46.2 Å². The van der Waals surface area contributed by atoms with Gasteiger partial charge in [0.2, 0.25) is 0 Å². The Kier molecular flexibility index (Phi) is 6.70. The van der Waals surface area contributed by atoms with Crippen LogP contribution in [-0.2, 0) is 5.75 Å². The number of thiazole rings is 1. The summed E-state index contributed by atoms with van der Waals surface area (Å²) < 4.78 is 0. The highest BCUT2D eigenvalue weighted by Gasteiger charge is 2.12. The van der Waals surface area contributed by atoms with Gasteiger partial charge in [0.25, 0.3) is 5.91 Å². The Hall–Kier alpha value is -1.59. The average Bonchev–Trinajstić information content (AvgIpc) is 3.06. The van der Waals surface area contributed by atoms with Crippen LogP contribution in [0.1, 0.15) is 53.2 Å². The Balaban J connectivity index is 1.55. The molecule has 0 saturated heterocycles. The number of aryl methyl sites for hydroxylation is 1. The van der Waals surface area contributed by atoms with Crippen molar-refractivity contribution >= 4 is 29.0 Å². The zero-order valence-corrected chi connectivity index (χ0v) is 16.2. The molecule has 5 heteroatoms. The second-order valence-electron chi connectivity index (χ2n) is 6.26. The number of hydrogen-bond acceptors (Lipinski definition) is 4. The summed E-state index contributed by atoms with van der Waals surface area (Å²) in [5.41, 5.74) is 3.33. The normalized spacial score (nSPS) is 14.2. The van der Waals surface area contributed by atoms with E-state index >= 15 is 0 Å². The highest BCUT2D eigenvalue weighted by Crippen LogP contribution is 2.27. The van der Waals surface area contributed by atoms with Gasteiger partial charge in [-0.05, 0) is 51.2 Å². The Morgan fingerprint density at radius 1 is 1.32 bits per heavy atom. The lowest BCUT2D eigenvalue weighted by atomic mass is 9.97. The smallest absolute Gasteiger partial charge is 0.252 e. The van der Waals surface area contributed by atoms with Crippen molar-refractivity contribution in [2.24, 2.45) is 0 Å². The van der Waals surface area contributed by atoms with Gasteiger partial charge in [0.05, 0.1) is 16.3 Å². The first kappa shape index (κ1) is 18.2. The molecule has 1 aliphatic rings. The monoisotopic (exact) mass is 372 g/mol. The van der Waals surface area contributed by atoms with Gasteiger partial charge >= 0.3 is 0 Å². The van der Waals surface area contributed by atoms with E-state index in [9.17, 15) is 4.79 Å². The molecule has 0 bridgehead atoms. The van der Waals surface area contributed by atoms with E-state index in [1.165, 1.54) is 31.3 Å². The van der Waals surface area contributed by atoms with Crippen molar-refractivity contribution in [3.63, 3.8) is 0 Å². The third-order valence-corrected chi connectivity index (χ3v) is 6.22. The predicted octanol–water partition coefficient (Wildman–Crippen LogP) is 5.36. The summed E-state index contributed by atoms with van der Waals surface area (Å²) in [4.78, 5) is 18.1. The molecular formula is C20H24N2OS2. The molecule has 2 aromatic rings. The van der Waals surface area contributed by atoms with Crippen LogP contribution in [-0.4, -0.2) is 17.4 Å². The Morgan fingerprint density at radius 2 is 2.20 bits per heavy atom. The van der Waals surface area contributed by atoms with Crippen LogP contribution in [0.25, 0.3) is 0 Å². The minimum Gasteiger partial charge on any atom is -0.352 e. The summed E-state index contributed by atoms with van der Waals surface area (Å²) in [5, 5.41) is 6.25. The molecule has 1 amide bonds. The number of carbonyl (C=O) groups is 1. The molecule has 1 aromatic heterocycles. The molecule has 1 aliphatic carbocycles. The van der Waals surface area contributed by atoms with E-state index < -0.39 is 0 Å². The molecule has 132 valence electrons. The molecule has 0 aliphatic heterocycles. The molecule has 0 saturated carbocycles. The Labute approximate surface area is 158 Å². The van der Waals surface area contributed by atoms with Gasteiger partial charge in [0, 0.05) is 22.6 Å². The van der Waals surface area contributed by atoms with Crippen LogP contribution in [0.4, 0.5) is 0 Å². The largest absolute Gasteiger partial charge is 0.352 e. The molecule has 3 nitrogen and oxygen atoms in total. The van der Waals surface area contributed by atoms with Crippen LogP contribution >= 0.6 is 23.1 Å². The maximum Gasteiger partial charge on any atom is 0.252 e. The second-order valence-corrected chi connectivity index (χ2v) is 8.34. The summed E-state index contributed by atoms with van der Waals surface area (Å²) in [7, 11) is 0. The van der Waals surface area contributed by atoms with Gasteiger partial charge < -0.3 is 5.32 Å². The van der Waals surface area contributed by atoms with Crippen LogP contribution in [0.5, 0.6) is 0 Å². The summed E-state index contributed by atoms with van der Waals surface area (Å²) in [6.07, 6.45) is 8.29. The second kappa shape index (κ2) is 9.20. The summed E-state index contributed by atoms with van der Waals surface area (Å²) in [6.45, 7) is 2.73. The summed E-state index contributed by atoms with van der Waals surface area (Å²) in [5.74, 6) is 0.815. The van der Waals surface area contributed by atoms with Crippen molar-refractivity contribution in [3.8, 4) is 0 Å². The van der Waals surface area contributed by atoms with Crippen LogP contribution in [0.3, 0.4) is 0 Å². The number of hydrogen-bond donors (Lipinski definition) is 1. The van der Waals surface area contributed by atoms with Crippen LogP contribution in [0, 0.1) is 6.92 Å². The van der Waals surface area contributed by atoms with Crippen molar-refractivity contribution in [2.45, 2.75) is 49.7 Å². The lowest BCUT2D eigenvalue weighted by Gasteiger charge is -2.13. The van der Waals surface area contributed by atoms with Crippen LogP contribution in [0.2, 0.25) is 0 Å². The van der Waals surface area contributed by atoms with Gasteiger partial charge in [-0.1, -0.05) is 23.8 Å². The van der Waals surface area contributed by atoms with Crippen molar-refractivity contribution in [2.75, 3.05) is 6.54 Å². The van der Waals surface area contributed by atoms with Gasteiger partial charge in [0.1, 0.15) is 0 Å². The van der Waals surface area contributed by atoms with Crippen LogP contribution < -0.4 is 5.32 Å². The number of allylic oxidation sites excluding steroid dienone is 1. The number of nitrogens with one attached hydrogen (secondary N) is 1. The van der Waals surface area contributed by atoms with Gasteiger partial charge in [-0.3, -0.25) is 4.79 Å². The molecule has 0 fully saturated rings. The van der Waals surface area contributed by atoms with E-state index in [-0.39, 0.29) is 5.91 Å². The average molecular weight is 373 g/mol. The lowest BCUT2D eigenvalue weighted by Crippen LogP contribution is -2.25. The number of carbonyl (C=O) groups excluding carboxylic acids is 1. The maximum absolute atomic E-state index is 12.6. The number of thioether (sulfide) groups is 1. The molecule has 3 rings (SSSR count).